The summed E-state index contributed by atoms with van der Waals surface area (Å²) in [5.41, 5.74) is 1.21. The maximum absolute atomic E-state index is 12.6. The summed E-state index contributed by atoms with van der Waals surface area (Å²) < 4.78 is 12.6. The molecule has 1 atom stereocenters. The van der Waals surface area contributed by atoms with E-state index in [2.05, 4.69) is 11.8 Å². The normalized spacial score (nSPS) is 22.9. The summed E-state index contributed by atoms with van der Waals surface area (Å²) in [4.78, 5) is 2.43. The van der Waals surface area contributed by atoms with Gasteiger partial charge in [0.05, 0.1) is 0 Å². The van der Waals surface area contributed by atoms with Crippen molar-refractivity contribution in [2.24, 2.45) is 5.92 Å². The Hall–Kier alpha value is -0.890. The first-order chi connectivity index (χ1) is 6.74. The highest BCUT2D eigenvalue weighted by molar-refractivity contribution is 5.16. The molecule has 1 aliphatic heterocycles. The molecular weight excluding hydrogens is 176 g/mol. The SMILES string of the molecule is CC1CCN(Cc2ccc([18F])cc2)C1. The minimum absolute atomic E-state index is 0.150. The fourth-order valence-corrected chi connectivity index (χ4v) is 2.02. The van der Waals surface area contributed by atoms with Crippen LogP contribution in [0.25, 0.3) is 0 Å². The van der Waals surface area contributed by atoms with Crippen LogP contribution in [-0.2, 0) is 6.54 Å². The Morgan fingerprint density at radius 3 is 2.64 bits per heavy atom. The Labute approximate surface area is 84.5 Å². The average molecular weight is 192 g/mol. The number of nitrogens with zero attached hydrogens (tertiary/aromatic N) is 1. The molecule has 0 bridgehead atoms. The van der Waals surface area contributed by atoms with Crippen LogP contribution in [0, 0.1) is 11.7 Å². The van der Waals surface area contributed by atoms with Crippen LogP contribution in [-0.4, -0.2) is 18.0 Å². The summed E-state index contributed by atoms with van der Waals surface area (Å²) in [7, 11) is 0. The van der Waals surface area contributed by atoms with Crippen LogP contribution in [0.2, 0.25) is 0 Å². The second kappa shape index (κ2) is 4.09. The van der Waals surface area contributed by atoms with Gasteiger partial charge in [0.25, 0.3) is 0 Å². The predicted molar refractivity (Wildman–Crippen MR) is 55.5 cm³/mol. The van der Waals surface area contributed by atoms with E-state index in [0.29, 0.717) is 0 Å². The van der Waals surface area contributed by atoms with Gasteiger partial charge >= 0.3 is 0 Å². The first-order valence-corrected chi connectivity index (χ1v) is 5.21. The molecule has 1 aliphatic rings. The molecule has 1 nitrogen and oxygen atoms in total. The lowest BCUT2D eigenvalue weighted by atomic mass is 10.2. The molecule has 1 aromatic rings. The molecule has 14 heavy (non-hydrogen) atoms. The lowest BCUT2D eigenvalue weighted by Crippen LogP contribution is -2.19. The van der Waals surface area contributed by atoms with Gasteiger partial charge in [0, 0.05) is 13.1 Å². The summed E-state index contributed by atoms with van der Waals surface area (Å²) in [5.74, 6) is 0.666. The highest BCUT2D eigenvalue weighted by Crippen LogP contribution is 2.17. The zero-order valence-electron chi connectivity index (χ0n) is 8.54. The fourth-order valence-electron chi connectivity index (χ4n) is 2.02. The van der Waals surface area contributed by atoms with Gasteiger partial charge in [-0.1, -0.05) is 19.1 Å². The van der Waals surface area contributed by atoms with E-state index < -0.39 is 0 Å². The number of hydrogen-bond donors (Lipinski definition) is 0. The Balaban J connectivity index is 1.94. The summed E-state index contributed by atoms with van der Waals surface area (Å²) >= 11 is 0. The van der Waals surface area contributed by atoms with Crippen molar-refractivity contribution in [3.63, 3.8) is 0 Å². The molecule has 2 rings (SSSR count). The zero-order valence-corrected chi connectivity index (χ0v) is 8.54. The second-order valence-electron chi connectivity index (χ2n) is 4.26. The van der Waals surface area contributed by atoms with Crippen LogP contribution < -0.4 is 0 Å². The second-order valence-corrected chi connectivity index (χ2v) is 4.26. The van der Waals surface area contributed by atoms with Crippen molar-refractivity contribution in [1.82, 2.24) is 4.90 Å². The van der Waals surface area contributed by atoms with E-state index in [0.717, 1.165) is 12.5 Å². The van der Waals surface area contributed by atoms with Gasteiger partial charge < -0.3 is 0 Å². The van der Waals surface area contributed by atoms with Crippen LogP contribution >= 0.6 is 0 Å². The van der Waals surface area contributed by atoms with Crippen molar-refractivity contribution >= 4 is 0 Å². The smallest absolute Gasteiger partial charge is 0.123 e. The highest BCUT2D eigenvalue weighted by atomic mass is 18.2. The lowest BCUT2D eigenvalue weighted by Gasteiger charge is -2.14. The molecule has 0 saturated carbocycles. The van der Waals surface area contributed by atoms with Gasteiger partial charge in [-0.3, -0.25) is 4.90 Å². The minimum Gasteiger partial charge on any atom is -0.299 e. The third-order valence-electron chi connectivity index (χ3n) is 2.83. The largest absolute Gasteiger partial charge is 0.299 e. The Morgan fingerprint density at radius 2 is 2.07 bits per heavy atom. The quantitative estimate of drug-likeness (QED) is 0.696. The molecule has 76 valence electrons. The van der Waals surface area contributed by atoms with Crippen LogP contribution in [0.3, 0.4) is 0 Å². The topological polar surface area (TPSA) is 3.24 Å². The van der Waals surface area contributed by atoms with Gasteiger partial charge in [-0.25, -0.2) is 4.39 Å². The molecule has 1 heterocycles. The summed E-state index contributed by atoms with van der Waals surface area (Å²) in [5, 5.41) is 0. The standard InChI is InChI=1S/C12H16FN/c1-10-6-7-14(8-10)9-11-2-4-12(13)5-3-11/h2-5,10H,6-9H2,1H3/i13-1. The Morgan fingerprint density at radius 1 is 1.36 bits per heavy atom. The molecule has 1 fully saturated rings. The summed E-state index contributed by atoms with van der Waals surface area (Å²) in [6.45, 7) is 5.60. The lowest BCUT2D eigenvalue weighted by molar-refractivity contribution is 0.320. The first-order valence-electron chi connectivity index (χ1n) is 5.21. The van der Waals surface area contributed by atoms with E-state index >= 15 is 0 Å². The van der Waals surface area contributed by atoms with Gasteiger partial charge in [0.15, 0.2) is 0 Å². The van der Waals surface area contributed by atoms with Gasteiger partial charge in [-0.2, -0.15) is 0 Å². The fraction of sp³-hybridized carbons (Fsp3) is 0.500. The van der Waals surface area contributed by atoms with Crippen LogP contribution in [0.15, 0.2) is 24.3 Å². The molecule has 0 N–H and O–H groups in total. The molecule has 1 unspecified atom stereocenters. The third kappa shape index (κ3) is 2.32. The Kier molecular flexibility index (Phi) is 2.82. The molecule has 0 aromatic heterocycles. The van der Waals surface area contributed by atoms with E-state index in [4.69, 9.17) is 0 Å². The number of benzene rings is 1. The number of rotatable bonds is 2. The summed E-state index contributed by atoms with van der Waals surface area (Å²) in [6.07, 6.45) is 1.29. The van der Waals surface area contributed by atoms with E-state index in [1.165, 1.54) is 37.2 Å². The molecular formula is C12H16FN. The Bertz CT molecular complexity index is 294. The number of halogens is 1. The van der Waals surface area contributed by atoms with Crippen molar-refractivity contribution in [2.45, 2.75) is 19.9 Å². The van der Waals surface area contributed by atoms with Crippen molar-refractivity contribution in [3.05, 3.63) is 35.6 Å². The average Bonchev–Trinajstić information content (AvgIpc) is 2.56. The molecule has 0 aliphatic carbocycles. The van der Waals surface area contributed by atoms with Gasteiger partial charge in [0.1, 0.15) is 5.82 Å². The number of likely N-dealkylation sites (tertiary alicyclic amines) is 1. The van der Waals surface area contributed by atoms with E-state index in [9.17, 15) is 4.39 Å². The summed E-state index contributed by atoms with van der Waals surface area (Å²) in [6, 6.07) is 6.82. The minimum atomic E-state index is -0.150. The molecule has 0 radical (unpaired) electrons. The maximum Gasteiger partial charge on any atom is 0.123 e. The van der Waals surface area contributed by atoms with E-state index in [1.54, 1.807) is 0 Å². The van der Waals surface area contributed by atoms with Crippen LogP contribution in [0.5, 0.6) is 0 Å². The first kappa shape index (κ1) is 9.66. The van der Waals surface area contributed by atoms with Crippen molar-refractivity contribution < 1.29 is 4.39 Å². The molecule has 1 saturated heterocycles. The number of hydrogen-bond acceptors (Lipinski definition) is 1. The molecule has 0 spiro atoms. The van der Waals surface area contributed by atoms with Gasteiger partial charge in [-0.15, -0.1) is 0 Å². The van der Waals surface area contributed by atoms with E-state index in [-0.39, 0.29) is 5.82 Å². The van der Waals surface area contributed by atoms with Gasteiger partial charge in [-0.05, 0) is 36.6 Å². The van der Waals surface area contributed by atoms with Gasteiger partial charge in [0.2, 0.25) is 0 Å². The van der Waals surface area contributed by atoms with Crippen LogP contribution in [0.1, 0.15) is 18.9 Å². The monoisotopic (exact) mass is 192 g/mol. The zero-order chi connectivity index (χ0) is 9.97. The predicted octanol–water partition coefficient (Wildman–Crippen LogP) is 2.67. The highest BCUT2D eigenvalue weighted by Gasteiger charge is 2.18. The van der Waals surface area contributed by atoms with Crippen molar-refractivity contribution in [2.75, 3.05) is 13.1 Å². The molecule has 0 amide bonds. The molecule has 1 aromatic carbocycles. The third-order valence-corrected chi connectivity index (χ3v) is 2.83. The van der Waals surface area contributed by atoms with Crippen molar-refractivity contribution in [1.29, 1.82) is 0 Å². The van der Waals surface area contributed by atoms with Crippen LogP contribution in [0.4, 0.5) is 4.39 Å². The maximum atomic E-state index is 12.6. The van der Waals surface area contributed by atoms with E-state index in [1.807, 2.05) is 12.1 Å². The van der Waals surface area contributed by atoms with Crippen molar-refractivity contribution in [3.8, 4) is 0 Å². The molecule has 2 heteroatoms.